The first-order valence-corrected chi connectivity index (χ1v) is 8.57. The van der Waals surface area contributed by atoms with Crippen LogP contribution in [0.2, 0.25) is 0 Å². The van der Waals surface area contributed by atoms with Crippen LogP contribution in [0.4, 0.5) is 16.2 Å². The minimum absolute atomic E-state index is 0.103. The van der Waals surface area contributed by atoms with Crippen LogP contribution in [-0.4, -0.2) is 42.0 Å². The zero-order chi connectivity index (χ0) is 18.4. The number of likely N-dealkylation sites (tertiary alicyclic amines) is 1. The largest absolute Gasteiger partial charge is 0.481 e. The Bertz CT molecular complexity index is 749. The number of ether oxygens (including phenoxy) is 1. The third-order valence-electron chi connectivity index (χ3n) is 4.32. The number of hydrogen-bond acceptors (Lipinski definition) is 4. The lowest BCUT2D eigenvalue weighted by molar-refractivity contribution is -0.121. The average Bonchev–Trinajstić information content (AvgIpc) is 2.69. The average molecular weight is 354 g/mol. The van der Waals surface area contributed by atoms with Gasteiger partial charge in [-0.25, -0.2) is 9.78 Å². The molecule has 0 aliphatic carbocycles. The lowest BCUT2D eigenvalue weighted by Crippen LogP contribution is -2.45. The normalized spacial score (nSPS) is 16.7. The molecule has 26 heavy (non-hydrogen) atoms. The third-order valence-corrected chi connectivity index (χ3v) is 4.32. The van der Waals surface area contributed by atoms with Gasteiger partial charge in [-0.15, -0.1) is 0 Å². The van der Waals surface area contributed by atoms with Gasteiger partial charge >= 0.3 is 6.03 Å². The quantitative estimate of drug-likeness (QED) is 0.884. The van der Waals surface area contributed by atoms with E-state index in [-0.39, 0.29) is 17.9 Å². The van der Waals surface area contributed by atoms with E-state index in [9.17, 15) is 9.59 Å². The molecule has 2 aromatic rings. The summed E-state index contributed by atoms with van der Waals surface area (Å²) in [6.45, 7) is 1.04. The molecular weight excluding hydrogens is 332 g/mol. The van der Waals surface area contributed by atoms with E-state index in [2.05, 4.69) is 15.6 Å². The van der Waals surface area contributed by atoms with Gasteiger partial charge in [-0.3, -0.25) is 4.79 Å². The summed E-state index contributed by atoms with van der Waals surface area (Å²) in [6.07, 6.45) is 3.10. The summed E-state index contributed by atoms with van der Waals surface area (Å²) < 4.78 is 5.00. The van der Waals surface area contributed by atoms with Gasteiger partial charge in [-0.05, 0) is 31.0 Å². The second-order valence-corrected chi connectivity index (χ2v) is 6.16. The Balaban J connectivity index is 1.56. The van der Waals surface area contributed by atoms with Crippen molar-refractivity contribution in [2.45, 2.75) is 12.8 Å². The molecule has 1 aromatic carbocycles. The Kier molecular flexibility index (Phi) is 5.68. The van der Waals surface area contributed by atoms with Crippen molar-refractivity contribution in [3.05, 3.63) is 48.7 Å². The molecule has 2 heterocycles. The van der Waals surface area contributed by atoms with Crippen molar-refractivity contribution in [3.63, 3.8) is 0 Å². The summed E-state index contributed by atoms with van der Waals surface area (Å²) in [5, 5.41) is 5.72. The van der Waals surface area contributed by atoms with Gasteiger partial charge in [0.1, 0.15) is 0 Å². The molecule has 0 bridgehead atoms. The molecule has 0 saturated carbocycles. The molecular formula is C19H22N4O3. The smallest absolute Gasteiger partial charge is 0.321 e. The van der Waals surface area contributed by atoms with E-state index in [0.29, 0.717) is 24.7 Å². The van der Waals surface area contributed by atoms with Crippen LogP contribution in [0.15, 0.2) is 48.7 Å². The maximum absolute atomic E-state index is 12.5. The molecule has 0 spiro atoms. The summed E-state index contributed by atoms with van der Waals surface area (Å²) in [6, 6.07) is 12.6. The number of pyridine rings is 1. The second kappa shape index (κ2) is 8.33. The number of benzene rings is 1. The number of carbonyl (C=O) groups excluding carboxylic acids is 2. The Morgan fingerprint density at radius 1 is 1.12 bits per heavy atom. The molecule has 1 aliphatic rings. The highest BCUT2D eigenvalue weighted by molar-refractivity contribution is 5.94. The molecule has 3 amide bonds. The number of aromatic nitrogens is 1. The summed E-state index contributed by atoms with van der Waals surface area (Å²) >= 11 is 0. The minimum Gasteiger partial charge on any atom is -0.481 e. The number of piperidine rings is 1. The first-order valence-electron chi connectivity index (χ1n) is 8.57. The van der Waals surface area contributed by atoms with Gasteiger partial charge in [-0.2, -0.15) is 0 Å². The Morgan fingerprint density at radius 3 is 2.62 bits per heavy atom. The molecule has 136 valence electrons. The van der Waals surface area contributed by atoms with E-state index >= 15 is 0 Å². The standard InChI is InChI=1S/C19H22N4O3/c1-26-17-10-9-16(12-20-17)21-18(24)14-6-5-11-23(13-14)19(25)22-15-7-3-2-4-8-15/h2-4,7-10,12,14H,5-6,11,13H2,1H3,(H,21,24)(H,22,25)/t14-/m1/s1. The molecule has 1 fully saturated rings. The van der Waals surface area contributed by atoms with Crippen molar-refractivity contribution in [3.8, 4) is 5.88 Å². The molecule has 1 atom stereocenters. The van der Waals surface area contributed by atoms with Gasteiger partial charge in [-0.1, -0.05) is 18.2 Å². The first kappa shape index (κ1) is 17.7. The highest BCUT2D eigenvalue weighted by atomic mass is 16.5. The highest BCUT2D eigenvalue weighted by Crippen LogP contribution is 2.20. The van der Waals surface area contributed by atoms with Crippen LogP contribution in [0.25, 0.3) is 0 Å². The molecule has 3 rings (SSSR count). The van der Waals surface area contributed by atoms with Gasteiger partial charge in [0.25, 0.3) is 0 Å². The van der Waals surface area contributed by atoms with Crippen molar-refractivity contribution in [1.82, 2.24) is 9.88 Å². The number of methoxy groups -OCH3 is 1. The number of rotatable bonds is 4. The summed E-state index contributed by atoms with van der Waals surface area (Å²) in [5.74, 6) is 0.144. The van der Waals surface area contributed by atoms with Crippen molar-refractivity contribution in [2.24, 2.45) is 5.92 Å². The third kappa shape index (κ3) is 4.50. The molecule has 1 aliphatic heterocycles. The fourth-order valence-electron chi connectivity index (χ4n) is 2.92. The van der Waals surface area contributed by atoms with Crippen molar-refractivity contribution in [1.29, 1.82) is 0 Å². The maximum atomic E-state index is 12.5. The number of urea groups is 1. The summed E-state index contributed by atoms with van der Waals surface area (Å²) in [7, 11) is 1.54. The van der Waals surface area contributed by atoms with Gasteiger partial charge in [0.05, 0.1) is 24.9 Å². The number of carbonyl (C=O) groups is 2. The fraction of sp³-hybridized carbons (Fsp3) is 0.316. The van der Waals surface area contributed by atoms with Crippen molar-refractivity contribution < 1.29 is 14.3 Å². The predicted octanol–water partition coefficient (Wildman–Crippen LogP) is 2.97. The molecule has 7 nitrogen and oxygen atoms in total. The summed E-state index contributed by atoms with van der Waals surface area (Å²) in [5.41, 5.74) is 1.36. The van der Waals surface area contributed by atoms with Crippen molar-refractivity contribution >= 4 is 23.3 Å². The zero-order valence-corrected chi connectivity index (χ0v) is 14.6. The van der Waals surface area contributed by atoms with E-state index in [0.717, 1.165) is 18.5 Å². The molecule has 0 radical (unpaired) electrons. The van der Waals surface area contributed by atoms with Gasteiger partial charge in [0.2, 0.25) is 11.8 Å². The number of nitrogens with zero attached hydrogens (tertiary/aromatic N) is 2. The van der Waals surface area contributed by atoms with E-state index in [1.54, 1.807) is 23.2 Å². The lowest BCUT2D eigenvalue weighted by atomic mass is 9.97. The van der Waals surface area contributed by atoms with Gasteiger partial charge < -0.3 is 20.3 Å². The SMILES string of the molecule is COc1ccc(NC(=O)[C@@H]2CCCN(C(=O)Nc3ccccc3)C2)cn1. The van der Waals surface area contributed by atoms with Crippen molar-refractivity contribution in [2.75, 3.05) is 30.8 Å². The maximum Gasteiger partial charge on any atom is 0.321 e. The Morgan fingerprint density at radius 2 is 1.92 bits per heavy atom. The van der Waals surface area contributed by atoms with Crippen LogP contribution in [0, 0.1) is 5.92 Å². The minimum atomic E-state index is -0.243. The monoisotopic (exact) mass is 354 g/mol. The van der Waals surface area contributed by atoms with E-state index < -0.39 is 0 Å². The van der Waals surface area contributed by atoms with Gasteiger partial charge in [0, 0.05) is 24.8 Å². The lowest BCUT2D eigenvalue weighted by Gasteiger charge is -2.32. The van der Waals surface area contributed by atoms with Crippen LogP contribution >= 0.6 is 0 Å². The molecule has 7 heteroatoms. The molecule has 2 N–H and O–H groups in total. The van der Waals surface area contributed by atoms with Crippen LogP contribution in [-0.2, 0) is 4.79 Å². The summed E-state index contributed by atoms with van der Waals surface area (Å²) in [4.78, 5) is 30.7. The predicted molar refractivity (Wildman–Crippen MR) is 99.2 cm³/mol. The topological polar surface area (TPSA) is 83.6 Å². The number of para-hydroxylation sites is 1. The second-order valence-electron chi connectivity index (χ2n) is 6.16. The zero-order valence-electron chi connectivity index (χ0n) is 14.6. The van der Waals surface area contributed by atoms with E-state index in [4.69, 9.17) is 4.74 Å². The Hall–Kier alpha value is -3.09. The van der Waals surface area contributed by atoms with Gasteiger partial charge in [0.15, 0.2) is 0 Å². The van der Waals surface area contributed by atoms with E-state index in [1.165, 1.54) is 7.11 Å². The number of nitrogens with one attached hydrogen (secondary N) is 2. The van der Waals surface area contributed by atoms with Crippen LogP contribution < -0.4 is 15.4 Å². The van der Waals surface area contributed by atoms with E-state index in [1.807, 2.05) is 30.3 Å². The van der Waals surface area contributed by atoms with Crippen LogP contribution in [0.5, 0.6) is 5.88 Å². The number of anilines is 2. The van der Waals surface area contributed by atoms with Crippen LogP contribution in [0.1, 0.15) is 12.8 Å². The molecule has 1 aromatic heterocycles. The molecule has 0 unspecified atom stereocenters. The number of hydrogen-bond donors (Lipinski definition) is 2. The number of amides is 3. The van der Waals surface area contributed by atoms with Crippen LogP contribution in [0.3, 0.4) is 0 Å². The fourth-order valence-corrected chi connectivity index (χ4v) is 2.92. The molecule has 1 saturated heterocycles. The highest BCUT2D eigenvalue weighted by Gasteiger charge is 2.28. The first-order chi connectivity index (χ1) is 12.7. The Labute approximate surface area is 152 Å².